The normalized spacial score (nSPS) is 10.9. The number of benzene rings is 2. The number of nitro benzene ring substituents is 1. The summed E-state index contributed by atoms with van der Waals surface area (Å²) in [6.07, 6.45) is 0.0381. The molecule has 0 saturated heterocycles. The van der Waals surface area contributed by atoms with Crippen molar-refractivity contribution in [3.63, 3.8) is 0 Å². The molecule has 0 spiro atoms. The fraction of sp³-hybridized carbons (Fsp3) is 0.211. The molecule has 0 saturated carbocycles. The summed E-state index contributed by atoms with van der Waals surface area (Å²) < 4.78 is 0. The maximum Gasteiger partial charge on any atom is 0.270 e. The maximum absolute atomic E-state index is 11.8. The van der Waals surface area contributed by atoms with Gasteiger partial charge in [-0.3, -0.25) is 19.7 Å². The lowest BCUT2D eigenvalue weighted by Gasteiger charge is -2.05. The first-order valence-electron chi connectivity index (χ1n) is 8.34. The highest BCUT2D eigenvalue weighted by Gasteiger charge is 2.09. The molecule has 0 aromatic heterocycles. The lowest BCUT2D eigenvalue weighted by atomic mass is 10.1. The Balaban J connectivity index is 1.78. The molecule has 0 aliphatic carbocycles. The van der Waals surface area contributed by atoms with Crippen LogP contribution in [0.5, 0.6) is 0 Å². The molecule has 2 amide bonds. The van der Waals surface area contributed by atoms with Crippen LogP contribution in [0.25, 0.3) is 0 Å². The van der Waals surface area contributed by atoms with Crippen molar-refractivity contribution in [3.05, 3.63) is 75.8 Å². The van der Waals surface area contributed by atoms with Crippen molar-refractivity contribution in [1.29, 1.82) is 0 Å². The van der Waals surface area contributed by atoms with Crippen molar-refractivity contribution < 1.29 is 14.5 Å². The Kier molecular flexibility index (Phi) is 7.18. The molecule has 0 unspecified atom stereocenters. The van der Waals surface area contributed by atoms with E-state index in [-0.39, 0.29) is 24.4 Å². The molecule has 2 rings (SSSR count). The van der Waals surface area contributed by atoms with Crippen molar-refractivity contribution in [1.82, 2.24) is 10.7 Å². The number of non-ortho nitro benzene ring substituents is 1. The Morgan fingerprint density at radius 2 is 1.74 bits per heavy atom. The molecule has 8 nitrogen and oxygen atoms in total. The minimum atomic E-state index is -0.497. The van der Waals surface area contributed by atoms with E-state index in [0.29, 0.717) is 17.8 Å². The van der Waals surface area contributed by atoms with Gasteiger partial charge in [0.15, 0.2) is 0 Å². The predicted molar refractivity (Wildman–Crippen MR) is 101 cm³/mol. The highest BCUT2D eigenvalue weighted by Crippen LogP contribution is 2.13. The van der Waals surface area contributed by atoms with Crippen molar-refractivity contribution >= 4 is 23.2 Å². The first-order chi connectivity index (χ1) is 13.0. The summed E-state index contributed by atoms with van der Waals surface area (Å²) in [6, 6.07) is 15.4. The predicted octanol–water partition coefficient (Wildman–Crippen LogP) is 2.53. The van der Waals surface area contributed by atoms with Crippen LogP contribution in [0.15, 0.2) is 59.7 Å². The number of carbonyl (C=O) groups excluding carboxylic acids is 2. The minimum Gasteiger partial charge on any atom is -0.352 e. The van der Waals surface area contributed by atoms with Crippen molar-refractivity contribution in [2.24, 2.45) is 5.10 Å². The molecule has 27 heavy (non-hydrogen) atoms. The Morgan fingerprint density at radius 1 is 1.04 bits per heavy atom. The molecule has 0 aliphatic heterocycles. The molecule has 0 atom stereocenters. The van der Waals surface area contributed by atoms with Crippen LogP contribution in [0, 0.1) is 10.1 Å². The lowest BCUT2D eigenvalue weighted by Crippen LogP contribution is -2.26. The number of nitro groups is 1. The molecular weight excluding hydrogens is 348 g/mol. The highest BCUT2D eigenvalue weighted by molar-refractivity contribution is 5.99. The van der Waals surface area contributed by atoms with E-state index in [2.05, 4.69) is 15.8 Å². The zero-order valence-corrected chi connectivity index (χ0v) is 14.8. The number of rotatable bonds is 8. The topological polar surface area (TPSA) is 114 Å². The van der Waals surface area contributed by atoms with E-state index in [9.17, 15) is 19.7 Å². The van der Waals surface area contributed by atoms with E-state index in [1.807, 2.05) is 30.3 Å². The van der Waals surface area contributed by atoms with Gasteiger partial charge in [-0.05, 0) is 12.5 Å². The summed E-state index contributed by atoms with van der Waals surface area (Å²) in [5, 5.41) is 17.5. The number of hydrazone groups is 1. The molecule has 0 heterocycles. The van der Waals surface area contributed by atoms with Crippen LogP contribution in [0.4, 0.5) is 5.69 Å². The molecule has 2 aromatic rings. The Bertz CT molecular complexity index is 850. The summed E-state index contributed by atoms with van der Waals surface area (Å²) in [4.78, 5) is 33.9. The molecular formula is C19H20N4O4. The lowest BCUT2D eigenvalue weighted by molar-refractivity contribution is -0.384. The summed E-state index contributed by atoms with van der Waals surface area (Å²) in [7, 11) is 0. The third-order valence-corrected chi connectivity index (χ3v) is 3.73. The number of nitrogens with zero attached hydrogens (tertiary/aromatic N) is 2. The third kappa shape index (κ3) is 6.69. The van der Waals surface area contributed by atoms with E-state index in [4.69, 9.17) is 0 Å². The van der Waals surface area contributed by atoms with Crippen LogP contribution < -0.4 is 10.7 Å². The molecule has 140 valence electrons. The van der Waals surface area contributed by atoms with Crippen LogP contribution >= 0.6 is 0 Å². The standard InChI is InChI=1S/C19H20N4O4/c1-14(16-8-5-9-17(12-16)23(26)27)21-22-19(25)11-10-18(24)20-13-15-6-3-2-4-7-15/h2-9,12H,10-11,13H2,1H3,(H,20,24)(H,22,25)/b21-14+. The van der Waals surface area contributed by atoms with Gasteiger partial charge in [0.05, 0.1) is 10.6 Å². The molecule has 0 radical (unpaired) electrons. The smallest absolute Gasteiger partial charge is 0.270 e. The van der Waals surface area contributed by atoms with Crippen LogP contribution in [-0.2, 0) is 16.1 Å². The van der Waals surface area contributed by atoms with E-state index < -0.39 is 10.8 Å². The molecule has 8 heteroatoms. The quantitative estimate of drug-likeness (QED) is 0.423. The first kappa shape index (κ1) is 19.8. The molecule has 0 fully saturated rings. The van der Waals surface area contributed by atoms with Gasteiger partial charge >= 0.3 is 0 Å². The zero-order valence-electron chi connectivity index (χ0n) is 14.8. The molecule has 0 bridgehead atoms. The second kappa shape index (κ2) is 9.81. The van der Waals surface area contributed by atoms with Crippen LogP contribution in [0.1, 0.15) is 30.9 Å². The van der Waals surface area contributed by atoms with Crippen LogP contribution in [0.3, 0.4) is 0 Å². The fourth-order valence-electron chi connectivity index (χ4n) is 2.22. The average molecular weight is 368 g/mol. The van der Waals surface area contributed by atoms with Gasteiger partial charge in [0, 0.05) is 37.1 Å². The maximum atomic E-state index is 11.8. The number of hydrogen-bond donors (Lipinski definition) is 2. The van der Waals surface area contributed by atoms with Crippen LogP contribution in [-0.4, -0.2) is 22.4 Å². The van der Waals surface area contributed by atoms with E-state index in [1.54, 1.807) is 19.1 Å². The third-order valence-electron chi connectivity index (χ3n) is 3.73. The van der Waals surface area contributed by atoms with Gasteiger partial charge < -0.3 is 5.32 Å². The second-order valence-electron chi connectivity index (χ2n) is 5.80. The Hall–Kier alpha value is -3.55. The van der Waals surface area contributed by atoms with Gasteiger partial charge in [0.1, 0.15) is 0 Å². The summed E-state index contributed by atoms with van der Waals surface area (Å²) in [6.45, 7) is 2.04. The minimum absolute atomic E-state index is 0.00760. The molecule has 2 aromatic carbocycles. The second-order valence-corrected chi connectivity index (χ2v) is 5.80. The van der Waals surface area contributed by atoms with Gasteiger partial charge in [0.2, 0.25) is 11.8 Å². The summed E-state index contributed by atoms with van der Waals surface area (Å²) in [5.74, 6) is -0.636. The van der Waals surface area contributed by atoms with E-state index >= 15 is 0 Å². The van der Waals surface area contributed by atoms with E-state index in [0.717, 1.165) is 5.56 Å². The van der Waals surface area contributed by atoms with Gasteiger partial charge in [-0.1, -0.05) is 42.5 Å². The van der Waals surface area contributed by atoms with Crippen molar-refractivity contribution in [2.75, 3.05) is 0 Å². The largest absolute Gasteiger partial charge is 0.352 e. The van der Waals surface area contributed by atoms with Crippen molar-refractivity contribution in [3.8, 4) is 0 Å². The van der Waals surface area contributed by atoms with Gasteiger partial charge in [-0.2, -0.15) is 5.10 Å². The SMILES string of the molecule is C/C(=N\NC(=O)CCC(=O)NCc1ccccc1)c1cccc([N+](=O)[O-])c1. The summed E-state index contributed by atoms with van der Waals surface area (Å²) in [5.41, 5.74) is 4.25. The van der Waals surface area contributed by atoms with Crippen molar-refractivity contribution in [2.45, 2.75) is 26.3 Å². The fourth-order valence-corrected chi connectivity index (χ4v) is 2.22. The summed E-state index contributed by atoms with van der Waals surface area (Å²) >= 11 is 0. The average Bonchev–Trinajstić information content (AvgIpc) is 2.69. The first-order valence-corrected chi connectivity index (χ1v) is 8.34. The van der Waals surface area contributed by atoms with Gasteiger partial charge in [-0.15, -0.1) is 0 Å². The molecule has 0 aliphatic rings. The zero-order chi connectivity index (χ0) is 19.6. The molecule has 2 N–H and O–H groups in total. The Morgan fingerprint density at radius 3 is 2.44 bits per heavy atom. The monoisotopic (exact) mass is 368 g/mol. The number of amides is 2. The van der Waals surface area contributed by atoms with E-state index in [1.165, 1.54) is 12.1 Å². The Labute approximate surface area is 156 Å². The number of carbonyl (C=O) groups is 2. The van der Waals surface area contributed by atoms with Gasteiger partial charge in [-0.25, -0.2) is 5.43 Å². The highest BCUT2D eigenvalue weighted by atomic mass is 16.6. The number of hydrogen-bond acceptors (Lipinski definition) is 5. The number of nitrogens with one attached hydrogen (secondary N) is 2. The van der Waals surface area contributed by atoms with Crippen LogP contribution in [0.2, 0.25) is 0 Å². The van der Waals surface area contributed by atoms with Gasteiger partial charge in [0.25, 0.3) is 5.69 Å².